The Labute approximate surface area is 137 Å². The number of nitrogens with zero attached hydrogens (tertiary/aromatic N) is 5. The Balaban J connectivity index is 2.25. The van der Waals surface area contributed by atoms with Crippen LogP contribution in [0.2, 0.25) is 0 Å². The third kappa shape index (κ3) is 2.34. The first-order valence-electron chi connectivity index (χ1n) is 7.24. The van der Waals surface area contributed by atoms with E-state index in [-0.39, 0.29) is 11.1 Å². The lowest BCUT2D eigenvalue weighted by atomic mass is 10.2. The van der Waals surface area contributed by atoms with Crippen LogP contribution in [0.1, 0.15) is 11.4 Å². The number of rotatable bonds is 2. The van der Waals surface area contributed by atoms with E-state index >= 15 is 0 Å². The van der Waals surface area contributed by atoms with E-state index in [1.54, 1.807) is 11.6 Å². The summed E-state index contributed by atoms with van der Waals surface area (Å²) < 4.78 is 4.11. The molecule has 0 saturated heterocycles. The zero-order chi connectivity index (χ0) is 17.4. The number of aryl methyl sites for hydroxylation is 2. The quantitative estimate of drug-likeness (QED) is 0.660. The van der Waals surface area contributed by atoms with E-state index < -0.39 is 11.2 Å². The summed E-state index contributed by atoms with van der Waals surface area (Å²) in [5.41, 5.74) is 1.29. The Morgan fingerprint density at radius 2 is 1.88 bits per heavy atom. The van der Waals surface area contributed by atoms with Gasteiger partial charge in [-0.3, -0.25) is 9.36 Å². The van der Waals surface area contributed by atoms with Gasteiger partial charge in [0, 0.05) is 27.3 Å². The second-order valence-electron chi connectivity index (χ2n) is 5.50. The Morgan fingerprint density at radius 3 is 2.54 bits per heavy atom. The number of para-hydroxylation sites is 2. The molecular weight excluding hydrogens is 306 g/mol. The standard InChI is InChI=1S/C17H15N5O2/c1-20-10-12(16(23)22(3)17(20)24)8-11(9-18)15-19-13-6-4-5-7-14(13)21(15)2/h4-8,10H,1-3H3/b11-8-. The minimum Gasteiger partial charge on any atom is -0.327 e. The molecule has 0 radical (unpaired) electrons. The van der Waals surface area contributed by atoms with Crippen LogP contribution in [-0.2, 0) is 21.1 Å². The number of benzene rings is 1. The van der Waals surface area contributed by atoms with E-state index in [1.165, 1.54) is 23.9 Å². The van der Waals surface area contributed by atoms with Crippen molar-refractivity contribution in [2.75, 3.05) is 0 Å². The van der Waals surface area contributed by atoms with Crippen molar-refractivity contribution in [2.45, 2.75) is 0 Å². The van der Waals surface area contributed by atoms with Crippen LogP contribution in [0.15, 0.2) is 40.1 Å². The molecule has 0 fully saturated rings. The van der Waals surface area contributed by atoms with Gasteiger partial charge in [-0.05, 0) is 18.2 Å². The summed E-state index contributed by atoms with van der Waals surface area (Å²) in [5.74, 6) is 0.467. The first kappa shape index (κ1) is 15.5. The molecule has 3 aromatic rings. The van der Waals surface area contributed by atoms with E-state index in [9.17, 15) is 14.9 Å². The van der Waals surface area contributed by atoms with E-state index in [0.717, 1.165) is 15.6 Å². The number of aromatic nitrogens is 4. The van der Waals surface area contributed by atoms with Gasteiger partial charge in [0.15, 0.2) is 5.82 Å². The second kappa shape index (κ2) is 5.66. The van der Waals surface area contributed by atoms with Crippen LogP contribution >= 0.6 is 0 Å². The molecule has 0 aliphatic rings. The molecule has 1 aromatic carbocycles. The van der Waals surface area contributed by atoms with Crippen LogP contribution in [0, 0.1) is 11.3 Å². The molecule has 0 N–H and O–H groups in total. The minimum absolute atomic E-state index is 0.253. The van der Waals surface area contributed by atoms with Crippen molar-refractivity contribution in [3.63, 3.8) is 0 Å². The molecule has 120 valence electrons. The largest absolute Gasteiger partial charge is 0.330 e. The van der Waals surface area contributed by atoms with Gasteiger partial charge in [-0.15, -0.1) is 0 Å². The number of fused-ring (bicyclic) bond motifs is 1. The number of allylic oxidation sites excluding steroid dienone is 1. The van der Waals surface area contributed by atoms with Crippen molar-refractivity contribution in [1.29, 1.82) is 5.26 Å². The number of nitriles is 1. The molecule has 24 heavy (non-hydrogen) atoms. The fourth-order valence-electron chi connectivity index (χ4n) is 2.62. The lowest BCUT2D eigenvalue weighted by Crippen LogP contribution is -2.37. The van der Waals surface area contributed by atoms with Gasteiger partial charge in [0.25, 0.3) is 5.56 Å². The molecule has 7 nitrogen and oxygen atoms in total. The predicted octanol–water partition coefficient (Wildman–Crippen LogP) is 1.03. The molecule has 0 amide bonds. The highest BCUT2D eigenvalue weighted by molar-refractivity contribution is 5.90. The van der Waals surface area contributed by atoms with Gasteiger partial charge >= 0.3 is 5.69 Å². The first-order chi connectivity index (χ1) is 11.4. The van der Waals surface area contributed by atoms with Gasteiger partial charge in [-0.1, -0.05) is 12.1 Å². The number of hydrogen-bond acceptors (Lipinski definition) is 4. The highest BCUT2D eigenvalue weighted by Crippen LogP contribution is 2.21. The maximum atomic E-state index is 12.3. The molecule has 0 atom stereocenters. The van der Waals surface area contributed by atoms with E-state index in [2.05, 4.69) is 11.1 Å². The van der Waals surface area contributed by atoms with Crippen LogP contribution in [0.5, 0.6) is 0 Å². The maximum Gasteiger partial charge on any atom is 0.330 e. The Morgan fingerprint density at radius 1 is 1.17 bits per heavy atom. The van der Waals surface area contributed by atoms with Gasteiger partial charge in [0.05, 0.1) is 22.2 Å². The van der Waals surface area contributed by atoms with Crippen molar-refractivity contribution in [3.05, 3.63) is 62.7 Å². The molecule has 0 saturated carbocycles. The normalized spacial score (nSPS) is 11.7. The summed E-state index contributed by atoms with van der Waals surface area (Å²) >= 11 is 0. The molecule has 2 heterocycles. The van der Waals surface area contributed by atoms with Crippen LogP contribution in [-0.4, -0.2) is 18.7 Å². The van der Waals surface area contributed by atoms with Gasteiger partial charge in [-0.2, -0.15) is 5.26 Å². The highest BCUT2D eigenvalue weighted by atomic mass is 16.2. The van der Waals surface area contributed by atoms with Crippen LogP contribution in [0.4, 0.5) is 0 Å². The molecule has 7 heteroatoms. The molecule has 0 aliphatic heterocycles. The zero-order valence-electron chi connectivity index (χ0n) is 13.5. The van der Waals surface area contributed by atoms with Gasteiger partial charge in [0.1, 0.15) is 6.07 Å². The number of hydrogen-bond donors (Lipinski definition) is 0. The smallest absolute Gasteiger partial charge is 0.327 e. The van der Waals surface area contributed by atoms with Gasteiger partial charge in [-0.25, -0.2) is 9.78 Å². The summed E-state index contributed by atoms with van der Waals surface area (Å²) in [6.07, 6.45) is 2.88. The molecular formula is C17H15N5O2. The topological polar surface area (TPSA) is 85.6 Å². The lowest BCUT2D eigenvalue weighted by Gasteiger charge is -2.04. The summed E-state index contributed by atoms with van der Waals surface area (Å²) in [5, 5.41) is 9.53. The van der Waals surface area contributed by atoms with Crippen molar-refractivity contribution in [1.82, 2.24) is 18.7 Å². The SMILES string of the molecule is Cn1cc(/C=C(/C#N)c2nc3ccccc3n2C)c(=O)n(C)c1=O. The first-order valence-corrected chi connectivity index (χ1v) is 7.24. The Hall–Kier alpha value is -3.40. The molecule has 0 bridgehead atoms. The number of imidazole rings is 1. The van der Waals surface area contributed by atoms with Crippen LogP contribution in [0.25, 0.3) is 22.7 Å². The van der Waals surface area contributed by atoms with Crippen molar-refractivity contribution >= 4 is 22.7 Å². The monoisotopic (exact) mass is 321 g/mol. The molecule has 0 aliphatic carbocycles. The average Bonchev–Trinajstić information content (AvgIpc) is 2.92. The third-order valence-corrected chi connectivity index (χ3v) is 3.92. The van der Waals surface area contributed by atoms with E-state index in [1.807, 2.05) is 31.3 Å². The third-order valence-electron chi connectivity index (χ3n) is 3.92. The second-order valence-corrected chi connectivity index (χ2v) is 5.50. The summed E-state index contributed by atoms with van der Waals surface area (Å²) in [4.78, 5) is 28.5. The zero-order valence-corrected chi connectivity index (χ0v) is 13.5. The van der Waals surface area contributed by atoms with Crippen LogP contribution in [0.3, 0.4) is 0 Å². The van der Waals surface area contributed by atoms with Crippen molar-refractivity contribution in [2.24, 2.45) is 21.1 Å². The fourth-order valence-corrected chi connectivity index (χ4v) is 2.62. The van der Waals surface area contributed by atoms with Crippen molar-refractivity contribution < 1.29 is 0 Å². The van der Waals surface area contributed by atoms with Gasteiger partial charge in [0.2, 0.25) is 0 Å². The average molecular weight is 321 g/mol. The summed E-state index contributed by atoms with van der Waals surface area (Å²) in [6.45, 7) is 0. The van der Waals surface area contributed by atoms with E-state index in [0.29, 0.717) is 5.82 Å². The minimum atomic E-state index is -0.454. The van der Waals surface area contributed by atoms with Crippen LogP contribution < -0.4 is 11.2 Å². The molecule has 0 spiro atoms. The fraction of sp³-hybridized carbons (Fsp3) is 0.176. The molecule has 3 rings (SSSR count). The highest BCUT2D eigenvalue weighted by Gasteiger charge is 2.13. The Bertz CT molecular complexity index is 1140. The summed E-state index contributed by atoms with van der Waals surface area (Å²) in [6, 6.07) is 9.63. The van der Waals surface area contributed by atoms with Crippen molar-refractivity contribution in [3.8, 4) is 6.07 Å². The van der Waals surface area contributed by atoms with E-state index in [4.69, 9.17) is 0 Å². The Kier molecular flexibility index (Phi) is 3.66. The molecule has 0 unspecified atom stereocenters. The summed E-state index contributed by atoms with van der Waals surface area (Å²) in [7, 11) is 4.78. The lowest BCUT2D eigenvalue weighted by molar-refractivity contribution is 0.683. The maximum absolute atomic E-state index is 12.3. The molecule has 2 aromatic heterocycles. The van der Waals surface area contributed by atoms with Gasteiger partial charge < -0.3 is 9.13 Å². The predicted molar refractivity (Wildman–Crippen MR) is 91.1 cm³/mol.